The van der Waals surface area contributed by atoms with Crippen molar-refractivity contribution >= 4 is 66.7 Å². The molecule has 0 spiro atoms. The molecule has 0 fully saturated rings. The van der Waals surface area contributed by atoms with Crippen molar-refractivity contribution < 1.29 is 0 Å². The van der Waals surface area contributed by atoms with E-state index in [1.165, 1.54) is 54.9 Å². The summed E-state index contributed by atoms with van der Waals surface area (Å²) in [6, 6.07) is 115. The van der Waals surface area contributed by atoms with E-state index in [1.54, 1.807) is 0 Å². The molecule has 80 heavy (non-hydrogen) atoms. The Bertz CT molecular complexity index is 4490. The Morgan fingerprint density at radius 1 is 0.250 bits per heavy atom. The maximum absolute atomic E-state index is 2.42. The predicted octanol–water partition coefficient (Wildman–Crippen LogP) is 21.5. The molecule has 0 saturated heterocycles. The molecule has 0 bridgehead atoms. The van der Waals surface area contributed by atoms with Gasteiger partial charge in [0.15, 0.2) is 0 Å². The van der Waals surface area contributed by atoms with Crippen molar-refractivity contribution in [3.63, 3.8) is 0 Å². The van der Waals surface area contributed by atoms with Crippen LogP contribution in [0.3, 0.4) is 0 Å². The highest BCUT2D eigenvalue weighted by Gasteiger charge is 2.23. The van der Waals surface area contributed by atoms with Gasteiger partial charge in [-0.05, 0) is 176 Å². The first-order valence-electron chi connectivity index (χ1n) is 27.5. The van der Waals surface area contributed by atoms with Crippen LogP contribution in [0.4, 0.5) is 34.1 Å². The van der Waals surface area contributed by atoms with Crippen LogP contribution in [0.2, 0.25) is 0 Å². The van der Waals surface area contributed by atoms with E-state index >= 15 is 0 Å². The molecule has 0 unspecified atom stereocenters. The van der Waals surface area contributed by atoms with Crippen molar-refractivity contribution in [2.75, 3.05) is 9.80 Å². The van der Waals surface area contributed by atoms with E-state index in [2.05, 4.69) is 337 Å². The molecule has 14 aromatic rings. The topological polar surface area (TPSA) is 11.4 Å². The van der Waals surface area contributed by atoms with Gasteiger partial charge in [-0.25, -0.2) is 0 Å². The SMILES string of the molecule is Cc1ccccc1-c1cc2ccccc2cc1N(c1ccccc1)c1ccc(-c2cc(-c3ccccc3)c(-c3ccc(N(c4ccccc4)c4ccc5c6ccccc6n(-c6ccccc6)c5c4)cc3)cc2-c2ccccc2)cc1. The van der Waals surface area contributed by atoms with Gasteiger partial charge < -0.3 is 14.4 Å². The van der Waals surface area contributed by atoms with E-state index in [0.29, 0.717) is 0 Å². The summed E-state index contributed by atoms with van der Waals surface area (Å²) in [6.45, 7) is 2.21. The predicted molar refractivity (Wildman–Crippen MR) is 340 cm³/mol. The van der Waals surface area contributed by atoms with Crippen molar-refractivity contribution in [1.82, 2.24) is 4.57 Å². The fourth-order valence-electron chi connectivity index (χ4n) is 11.9. The molecule has 1 heterocycles. The van der Waals surface area contributed by atoms with Gasteiger partial charge in [0, 0.05) is 50.5 Å². The first-order valence-corrected chi connectivity index (χ1v) is 27.5. The zero-order valence-electron chi connectivity index (χ0n) is 44.4. The third-order valence-corrected chi connectivity index (χ3v) is 15.7. The van der Waals surface area contributed by atoms with Crippen LogP contribution >= 0.6 is 0 Å². The number of aromatic nitrogens is 1. The maximum atomic E-state index is 2.42. The highest BCUT2D eigenvalue weighted by molar-refractivity contribution is 6.10. The van der Waals surface area contributed by atoms with Crippen molar-refractivity contribution in [3.05, 3.63) is 321 Å². The summed E-state index contributed by atoms with van der Waals surface area (Å²) < 4.78 is 2.39. The lowest BCUT2D eigenvalue weighted by molar-refractivity contribution is 1.18. The van der Waals surface area contributed by atoms with Crippen LogP contribution in [0.25, 0.3) is 93.9 Å². The third kappa shape index (κ3) is 8.87. The molecule has 14 rings (SSSR count). The zero-order chi connectivity index (χ0) is 53.4. The summed E-state index contributed by atoms with van der Waals surface area (Å²) in [6.07, 6.45) is 0. The molecule has 0 saturated carbocycles. The summed E-state index contributed by atoms with van der Waals surface area (Å²) in [4.78, 5) is 4.79. The molecule has 13 aromatic carbocycles. The molecule has 0 atom stereocenters. The number of rotatable bonds is 12. The fourth-order valence-corrected chi connectivity index (χ4v) is 11.9. The molecule has 1 aromatic heterocycles. The standard InChI is InChI=1S/C77H55N3/c1-54-23-17-20-36-67(54)74-49-59-28-18-19-29-60(59)50-76(74)79(62-32-13-5-14-33-62)65-45-41-58(42-46-65)73-53-70(55-24-7-2-8-25-55)72(52-71(73)56-26-9-3-10-27-56)57-39-43-64(44-40-57)78(61-30-11-4-12-31-61)66-47-48-69-68-37-21-22-38-75(68)80(77(69)51-66)63-34-15-6-16-35-63/h2-53H,1H3. The minimum absolute atomic E-state index is 1.07. The molecule has 0 radical (unpaired) electrons. The largest absolute Gasteiger partial charge is 0.310 e. The lowest BCUT2D eigenvalue weighted by atomic mass is 9.85. The molecule has 3 nitrogen and oxygen atoms in total. The molecule has 0 aliphatic rings. The van der Waals surface area contributed by atoms with Gasteiger partial charge in [-0.2, -0.15) is 0 Å². The Balaban J connectivity index is 0.899. The van der Waals surface area contributed by atoms with E-state index in [-0.39, 0.29) is 0 Å². The van der Waals surface area contributed by atoms with Gasteiger partial charge in [-0.1, -0.05) is 212 Å². The number of fused-ring (bicyclic) bond motifs is 4. The van der Waals surface area contributed by atoms with Gasteiger partial charge in [0.1, 0.15) is 0 Å². The molecule has 0 amide bonds. The number of hydrogen-bond donors (Lipinski definition) is 0. The van der Waals surface area contributed by atoms with Gasteiger partial charge in [0.05, 0.1) is 16.7 Å². The minimum atomic E-state index is 1.07. The Labute approximate surface area is 467 Å². The molecular weight excluding hydrogens is 967 g/mol. The average molecular weight is 1020 g/mol. The number of nitrogens with zero attached hydrogens (tertiary/aromatic N) is 3. The number of benzene rings is 13. The van der Waals surface area contributed by atoms with Gasteiger partial charge in [0.2, 0.25) is 0 Å². The lowest BCUT2D eigenvalue weighted by Crippen LogP contribution is -2.11. The summed E-state index contributed by atoms with van der Waals surface area (Å²) in [5.41, 5.74) is 22.9. The summed E-state index contributed by atoms with van der Waals surface area (Å²) in [5, 5.41) is 4.87. The van der Waals surface area contributed by atoms with Crippen molar-refractivity contribution in [2.24, 2.45) is 0 Å². The third-order valence-electron chi connectivity index (χ3n) is 15.7. The Morgan fingerprint density at radius 3 is 1.24 bits per heavy atom. The normalized spacial score (nSPS) is 11.3. The Morgan fingerprint density at radius 2 is 0.662 bits per heavy atom. The summed E-state index contributed by atoms with van der Waals surface area (Å²) in [7, 11) is 0. The van der Waals surface area contributed by atoms with Crippen LogP contribution in [0.5, 0.6) is 0 Å². The van der Waals surface area contributed by atoms with Crippen LogP contribution < -0.4 is 9.80 Å². The molecule has 378 valence electrons. The molecule has 0 aliphatic carbocycles. The maximum Gasteiger partial charge on any atom is 0.0561 e. The quantitative estimate of drug-likeness (QED) is 0.121. The van der Waals surface area contributed by atoms with Crippen LogP contribution in [0.15, 0.2) is 315 Å². The van der Waals surface area contributed by atoms with Crippen molar-refractivity contribution in [1.29, 1.82) is 0 Å². The number of hydrogen-bond acceptors (Lipinski definition) is 2. The smallest absolute Gasteiger partial charge is 0.0561 e. The van der Waals surface area contributed by atoms with E-state index in [0.717, 1.165) is 78.7 Å². The van der Waals surface area contributed by atoms with Crippen LogP contribution in [-0.2, 0) is 0 Å². The second-order valence-electron chi connectivity index (χ2n) is 20.5. The Kier molecular flexibility index (Phi) is 12.5. The van der Waals surface area contributed by atoms with Crippen LogP contribution in [0.1, 0.15) is 5.56 Å². The van der Waals surface area contributed by atoms with Crippen molar-refractivity contribution in [2.45, 2.75) is 6.92 Å². The molecule has 3 heteroatoms. The first-order chi connectivity index (χ1) is 39.6. The zero-order valence-corrected chi connectivity index (χ0v) is 44.4. The van der Waals surface area contributed by atoms with E-state index in [4.69, 9.17) is 0 Å². The van der Waals surface area contributed by atoms with E-state index < -0.39 is 0 Å². The highest BCUT2D eigenvalue weighted by Crippen LogP contribution is 2.47. The van der Waals surface area contributed by atoms with Gasteiger partial charge in [0.25, 0.3) is 0 Å². The minimum Gasteiger partial charge on any atom is -0.310 e. The van der Waals surface area contributed by atoms with Gasteiger partial charge in [-0.3, -0.25) is 0 Å². The second kappa shape index (κ2) is 20.8. The highest BCUT2D eigenvalue weighted by atomic mass is 15.2. The van der Waals surface area contributed by atoms with Gasteiger partial charge in [-0.15, -0.1) is 0 Å². The molecular formula is C77H55N3. The summed E-state index contributed by atoms with van der Waals surface area (Å²) in [5.74, 6) is 0. The second-order valence-corrected chi connectivity index (χ2v) is 20.5. The van der Waals surface area contributed by atoms with Gasteiger partial charge >= 0.3 is 0 Å². The number of para-hydroxylation sites is 4. The molecule has 0 N–H and O–H groups in total. The molecule has 0 aliphatic heterocycles. The van der Waals surface area contributed by atoms with E-state index in [9.17, 15) is 0 Å². The number of anilines is 6. The monoisotopic (exact) mass is 1020 g/mol. The summed E-state index contributed by atoms with van der Waals surface area (Å²) >= 11 is 0. The fraction of sp³-hybridized carbons (Fsp3) is 0.0130. The Hall–Kier alpha value is -10.5. The number of aryl methyl sites for hydroxylation is 1. The lowest BCUT2D eigenvalue weighted by Gasteiger charge is -2.29. The first kappa shape index (κ1) is 47.9. The van der Waals surface area contributed by atoms with Crippen molar-refractivity contribution in [3.8, 4) is 61.3 Å². The van der Waals surface area contributed by atoms with Crippen LogP contribution in [-0.4, -0.2) is 4.57 Å². The average Bonchev–Trinajstić information content (AvgIpc) is 3.94. The van der Waals surface area contributed by atoms with E-state index in [1.807, 2.05) is 0 Å². The van der Waals surface area contributed by atoms with Crippen LogP contribution in [0, 0.1) is 6.92 Å².